The van der Waals surface area contributed by atoms with Crippen molar-refractivity contribution in [2.24, 2.45) is 21.8 Å². The van der Waals surface area contributed by atoms with E-state index in [-0.39, 0.29) is 29.0 Å². The summed E-state index contributed by atoms with van der Waals surface area (Å²) in [5.74, 6) is 0.714. The van der Waals surface area contributed by atoms with E-state index < -0.39 is 5.41 Å². The Kier molecular flexibility index (Phi) is 6.06. The summed E-state index contributed by atoms with van der Waals surface area (Å²) in [7, 11) is 1.62. The molecule has 2 fully saturated rings. The van der Waals surface area contributed by atoms with Crippen LogP contribution in [-0.2, 0) is 9.59 Å². The van der Waals surface area contributed by atoms with Crippen LogP contribution in [0.1, 0.15) is 46.1 Å². The number of methoxy groups -OCH3 is 1. The van der Waals surface area contributed by atoms with Gasteiger partial charge in [-0.05, 0) is 55.0 Å². The molecular weight excluding hydrogens is 406 g/mol. The van der Waals surface area contributed by atoms with Crippen LogP contribution >= 0.6 is 24.0 Å². The van der Waals surface area contributed by atoms with Gasteiger partial charge in [-0.1, -0.05) is 44.8 Å². The zero-order valence-corrected chi connectivity index (χ0v) is 19.1. The average Bonchev–Trinajstić information content (AvgIpc) is 2.89. The van der Waals surface area contributed by atoms with Gasteiger partial charge in [-0.25, -0.2) is 0 Å². The van der Waals surface area contributed by atoms with Crippen LogP contribution in [0, 0.1) is 16.7 Å². The molecule has 156 valence electrons. The van der Waals surface area contributed by atoms with Crippen LogP contribution in [-0.4, -0.2) is 39.7 Å². The highest BCUT2D eigenvalue weighted by Crippen LogP contribution is 2.60. The van der Waals surface area contributed by atoms with Crippen molar-refractivity contribution in [1.29, 1.82) is 0 Å². The molecule has 1 N–H and O–H groups in total. The number of thiocarbonyl (C=S) groups is 1. The summed E-state index contributed by atoms with van der Waals surface area (Å²) in [6.45, 7) is 7.93. The molecular formula is C21H27N3O3S2. The SMILES string of the molecule is COc1ccc(C(C)=NNC(=S)SCN2C(=O)C3CCC(C)(C2=O)C3(C)C)cc1. The maximum Gasteiger partial charge on any atom is 0.236 e. The number of nitrogens with zero attached hydrogens (tertiary/aromatic N) is 2. The second-order valence-corrected chi connectivity index (χ2v) is 9.94. The van der Waals surface area contributed by atoms with Crippen LogP contribution < -0.4 is 10.2 Å². The van der Waals surface area contributed by atoms with E-state index in [1.807, 2.05) is 52.0 Å². The fourth-order valence-corrected chi connectivity index (χ4v) is 5.01. The normalized spacial score (nSPS) is 25.9. The van der Waals surface area contributed by atoms with E-state index in [9.17, 15) is 9.59 Å². The number of fused-ring (bicyclic) bond motifs is 2. The third-order valence-corrected chi connectivity index (χ3v) is 7.84. The number of benzene rings is 1. The molecule has 1 saturated heterocycles. The summed E-state index contributed by atoms with van der Waals surface area (Å²) in [5.41, 5.74) is 3.76. The highest BCUT2D eigenvalue weighted by molar-refractivity contribution is 8.22. The predicted octanol–water partition coefficient (Wildman–Crippen LogP) is 3.80. The summed E-state index contributed by atoms with van der Waals surface area (Å²) < 4.78 is 5.57. The summed E-state index contributed by atoms with van der Waals surface area (Å²) in [4.78, 5) is 27.3. The van der Waals surface area contributed by atoms with Gasteiger partial charge in [0.2, 0.25) is 11.8 Å². The second kappa shape index (κ2) is 8.07. The summed E-state index contributed by atoms with van der Waals surface area (Å²) in [6, 6.07) is 7.56. The Morgan fingerprint density at radius 1 is 1.31 bits per heavy atom. The molecule has 1 aliphatic heterocycles. The molecule has 1 aliphatic carbocycles. The lowest BCUT2D eigenvalue weighted by Crippen LogP contribution is -2.58. The molecule has 2 atom stereocenters. The number of rotatable bonds is 5. The van der Waals surface area contributed by atoms with Crippen LogP contribution in [0.25, 0.3) is 0 Å². The number of likely N-dealkylation sites (tertiary alicyclic amines) is 1. The van der Waals surface area contributed by atoms with Gasteiger partial charge < -0.3 is 4.74 Å². The lowest BCUT2D eigenvalue weighted by molar-refractivity contribution is -0.166. The summed E-state index contributed by atoms with van der Waals surface area (Å²) >= 11 is 6.57. The molecule has 0 aromatic heterocycles. The fraction of sp³-hybridized carbons (Fsp3) is 0.524. The van der Waals surface area contributed by atoms with Gasteiger partial charge in [0, 0.05) is 5.92 Å². The number of nitrogens with one attached hydrogen (secondary N) is 1. The van der Waals surface area contributed by atoms with E-state index in [0.29, 0.717) is 4.32 Å². The first-order valence-electron chi connectivity index (χ1n) is 9.59. The number of ether oxygens (including phenoxy) is 1. The molecule has 2 amide bonds. The predicted molar refractivity (Wildman–Crippen MR) is 120 cm³/mol. The first-order valence-corrected chi connectivity index (χ1v) is 11.0. The minimum absolute atomic E-state index is 0.0804. The molecule has 6 nitrogen and oxygen atoms in total. The number of carbonyl (C=O) groups is 2. The van der Waals surface area contributed by atoms with E-state index in [4.69, 9.17) is 17.0 Å². The number of amides is 2. The van der Waals surface area contributed by atoms with Crippen LogP contribution in [0.4, 0.5) is 0 Å². The Morgan fingerprint density at radius 2 is 1.97 bits per heavy atom. The molecule has 1 heterocycles. The third-order valence-electron chi connectivity index (χ3n) is 6.66. The monoisotopic (exact) mass is 433 g/mol. The number of imide groups is 1. The number of thioether (sulfide) groups is 1. The van der Waals surface area contributed by atoms with Gasteiger partial charge in [0.15, 0.2) is 4.32 Å². The quantitative estimate of drug-likeness (QED) is 0.330. The number of hydrazone groups is 1. The minimum Gasteiger partial charge on any atom is -0.497 e. The molecule has 1 aromatic rings. The zero-order valence-electron chi connectivity index (χ0n) is 17.4. The van der Waals surface area contributed by atoms with E-state index >= 15 is 0 Å². The van der Waals surface area contributed by atoms with Gasteiger partial charge in [0.05, 0.1) is 24.1 Å². The maximum atomic E-state index is 13.0. The van der Waals surface area contributed by atoms with Gasteiger partial charge in [0.1, 0.15) is 5.75 Å². The van der Waals surface area contributed by atoms with Gasteiger partial charge in [-0.3, -0.25) is 19.9 Å². The van der Waals surface area contributed by atoms with Crippen LogP contribution in [0.5, 0.6) is 5.75 Å². The molecule has 2 aliphatic rings. The first-order chi connectivity index (χ1) is 13.6. The van der Waals surface area contributed by atoms with E-state index in [0.717, 1.165) is 29.9 Å². The average molecular weight is 434 g/mol. The van der Waals surface area contributed by atoms with Crippen molar-refractivity contribution in [3.05, 3.63) is 29.8 Å². The number of hydrogen-bond donors (Lipinski definition) is 1. The highest BCUT2D eigenvalue weighted by Gasteiger charge is 2.64. The largest absolute Gasteiger partial charge is 0.497 e. The Labute approximate surface area is 181 Å². The van der Waals surface area contributed by atoms with E-state index in [2.05, 4.69) is 10.5 Å². The van der Waals surface area contributed by atoms with E-state index in [1.165, 1.54) is 16.7 Å². The number of piperidine rings is 1. The first kappa shape index (κ1) is 21.8. The van der Waals surface area contributed by atoms with Gasteiger partial charge >= 0.3 is 0 Å². The number of hydrogen-bond acceptors (Lipinski definition) is 6. The highest BCUT2D eigenvalue weighted by atomic mass is 32.2. The van der Waals surface area contributed by atoms with Gasteiger partial charge in [-0.15, -0.1) is 0 Å². The second-order valence-electron chi connectivity index (χ2n) is 8.31. The maximum absolute atomic E-state index is 13.0. The van der Waals surface area contributed by atoms with Gasteiger partial charge in [-0.2, -0.15) is 5.10 Å². The lowest BCUT2D eigenvalue weighted by Gasteiger charge is -2.47. The van der Waals surface area contributed by atoms with Crippen molar-refractivity contribution < 1.29 is 14.3 Å². The molecule has 3 rings (SSSR count). The zero-order chi connectivity index (χ0) is 21.4. The van der Waals surface area contributed by atoms with Crippen molar-refractivity contribution in [2.45, 2.75) is 40.5 Å². The lowest BCUT2D eigenvalue weighted by atomic mass is 9.62. The smallest absolute Gasteiger partial charge is 0.236 e. The van der Waals surface area contributed by atoms with Crippen molar-refractivity contribution in [2.75, 3.05) is 13.0 Å². The number of carbonyl (C=O) groups excluding carboxylic acids is 2. The van der Waals surface area contributed by atoms with Crippen molar-refractivity contribution >= 4 is 45.8 Å². The van der Waals surface area contributed by atoms with Crippen LogP contribution in [0.15, 0.2) is 29.4 Å². The van der Waals surface area contributed by atoms with Crippen LogP contribution in [0.3, 0.4) is 0 Å². The summed E-state index contributed by atoms with van der Waals surface area (Å²) in [5, 5.41) is 4.31. The molecule has 1 saturated carbocycles. The topological polar surface area (TPSA) is 71.0 Å². The fourth-order valence-electron chi connectivity index (χ4n) is 4.21. The molecule has 0 radical (unpaired) electrons. The Hall–Kier alpha value is -1.93. The standard InChI is InChI=1S/C21H27N3O3S2/c1-13(14-6-8-15(27-5)9-7-14)22-23-19(28)29-12-24-17(25)16-10-11-21(4,18(24)26)20(16,2)3/h6-9,16H,10-12H2,1-5H3,(H,23,28). The van der Waals surface area contributed by atoms with Gasteiger partial charge in [0.25, 0.3) is 0 Å². The Bertz CT molecular complexity index is 866. The molecule has 2 bridgehead atoms. The molecule has 2 unspecified atom stereocenters. The molecule has 29 heavy (non-hydrogen) atoms. The molecule has 0 spiro atoms. The summed E-state index contributed by atoms with van der Waals surface area (Å²) in [6.07, 6.45) is 1.52. The van der Waals surface area contributed by atoms with Crippen molar-refractivity contribution in [3.63, 3.8) is 0 Å². The van der Waals surface area contributed by atoms with Crippen molar-refractivity contribution in [3.8, 4) is 5.75 Å². The van der Waals surface area contributed by atoms with Crippen molar-refractivity contribution in [1.82, 2.24) is 10.3 Å². The van der Waals surface area contributed by atoms with E-state index in [1.54, 1.807) is 7.11 Å². The van der Waals surface area contributed by atoms with Crippen LogP contribution in [0.2, 0.25) is 0 Å². The third kappa shape index (κ3) is 3.80. The minimum atomic E-state index is -0.496. The Morgan fingerprint density at radius 3 is 2.59 bits per heavy atom. The molecule has 1 aromatic carbocycles. The molecule has 8 heteroatoms. The Balaban J connectivity index is 1.59.